The van der Waals surface area contributed by atoms with Crippen molar-refractivity contribution in [2.45, 2.75) is 18.8 Å². The zero-order valence-corrected chi connectivity index (χ0v) is 13.8. The monoisotopic (exact) mass is 331 g/mol. The first-order valence-electron chi connectivity index (χ1n) is 8.42. The lowest BCUT2D eigenvalue weighted by molar-refractivity contribution is 0.953. The molecule has 1 aromatic carbocycles. The Hall–Kier alpha value is -3.15. The SMILES string of the molecule is CNc1nc(=O)n(-c2ccn3ccnc3c2)c2cc(C3CC3)ccc12. The molecule has 5 rings (SSSR count). The second-order valence-corrected chi connectivity index (χ2v) is 6.46. The van der Waals surface area contributed by atoms with Crippen LogP contribution in [0.1, 0.15) is 24.3 Å². The first kappa shape index (κ1) is 14.2. The van der Waals surface area contributed by atoms with Crippen LogP contribution in [0.5, 0.6) is 0 Å². The van der Waals surface area contributed by atoms with Crippen molar-refractivity contribution in [3.8, 4) is 5.69 Å². The van der Waals surface area contributed by atoms with Crippen LogP contribution < -0.4 is 11.0 Å². The number of aromatic nitrogens is 4. The minimum atomic E-state index is -0.291. The molecule has 0 saturated heterocycles. The number of nitrogens with zero attached hydrogens (tertiary/aromatic N) is 4. The number of pyridine rings is 1. The highest BCUT2D eigenvalue weighted by molar-refractivity contribution is 5.91. The molecule has 1 aliphatic carbocycles. The molecule has 0 amide bonds. The smallest absolute Gasteiger partial charge is 0.354 e. The number of anilines is 1. The Balaban J connectivity index is 1.84. The van der Waals surface area contributed by atoms with Crippen LogP contribution in [0.15, 0.2) is 53.7 Å². The second kappa shape index (κ2) is 5.17. The average molecular weight is 331 g/mol. The number of hydrogen-bond acceptors (Lipinski definition) is 4. The maximum Gasteiger partial charge on any atom is 0.354 e. The van der Waals surface area contributed by atoms with Crippen molar-refractivity contribution in [3.63, 3.8) is 0 Å². The van der Waals surface area contributed by atoms with E-state index in [1.165, 1.54) is 18.4 Å². The molecule has 0 aliphatic heterocycles. The van der Waals surface area contributed by atoms with E-state index in [0.717, 1.165) is 22.2 Å². The van der Waals surface area contributed by atoms with Crippen molar-refractivity contribution in [3.05, 3.63) is 65.0 Å². The summed E-state index contributed by atoms with van der Waals surface area (Å²) in [5.74, 6) is 1.23. The molecule has 3 aromatic heterocycles. The summed E-state index contributed by atoms with van der Waals surface area (Å²) in [7, 11) is 1.79. The van der Waals surface area contributed by atoms with Crippen molar-refractivity contribution >= 4 is 22.4 Å². The Kier molecular flexibility index (Phi) is 2.94. The van der Waals surface area contributed by atoms with E-state index in [1.54, 1.807) is 17.8 Å². The topological polar surface area (TPSA) is 64.2 Å². The summed E-state index contributed by atoms with van der Waals surface area (Å²) in [5.41, 5.74) is 3.45. The molecular weight excluding hydrogens is 314 g/mol. The molecule has 1 N–H and O–H groups in total. The Morgan fingerprint density at radius 2 is 2.04 bits per heavy atom. The van der Waals surface area contributed by atoms with Crippen LogP contribution in [0.3, 0.4) is 0 Å². The predicted octanol–water partition coefficient (Wildman–Crippen LogP) is 2.95. The summed E-state index contributed by atoms with van der Waals surface area (Å²) in [6.45, 7) is 0. The molecule has 124 valence electrons. The Labute approximate surface area is 143 Å². The van der Waals surface area contributed by atoms with E-state index in [0.29, 0.717) is 11.7 Å². The molecule has 6 nitrogen and oxygen atoms in total. The van der Waals surface area contributed by atoms with Gasteiger partial charge in [-0.15, -0.1) is 0 Å². The molecule has 0 spiro atoms. The number of hydrogen-bond donors (Lipinski definition) is 1. The van der Waals surface area contributed by atoms with E-state index >= 15 is 0 Å². The molecule has 1 fully saturated rings. The summed E-state index contributed by atoms with van der Waals surface area (Å²) >= 11 is 0. The van der Waals surface area contributed by atoms with Crippen LogP contribution in [-0.2, 0) is 0 Å². The first-order valence-corrected chi connectivity index (χ1v) is 8.42. The van der Waals surface area contributed by atoms with Gasteiger partial charge in [0, 0.05) is 37.1 Å². The van der Waals surface area contributed by atoms with Gasteiger partial charge in [0.1, 0.15) is 11.5 Å². The van der Waals surface area contributed by atoms with Crippen molar-refractivity contribution < 1.29 is 0 Å². The predicted molar refractivity (Wildman–Crippen MR) is 97.6 cm³/mol. The molecule has 0 bridgehead atoms. The van der Waals surface area contributed by atoms with E-state index in [2.05, 4.69) is 33.5 Å². The molecule has 1 saturated carbocycles. The third-order valence-corrected chi connectivity index (χ3v) is 4.84. The third-order valence-electron chi connectivity index (χ3n) is 4.84. The van der Waals surface area contributed by atoms with E-state index in [4.69, 9.17) is 0 Å². The van der Waals surface area contributed by atoms with Gasteiger partial charge >= 0.3 is 5.69 Å². The van der Waals surface area contributed by atoms with Crippen LogP contribution in [0.4, 0.5) is 5.82 Å². The van der Waals surface area contributed by atoms with Gasteiger partial charge in [0.05, 0.1) is 11.2 Å². The van der Waals surface area contributed by atoms with Gasteiger partial charge < -0.3 is 9.72 Å². The zero-order valence-electron chi connectivity index (χ0n) is 13.8. The summed E-state index contributed by atoms with van der Waals surface area (Å²) in [6, 6.07) is 10.2. The van der Waals surface area contributed by atoms with Crippen LogP contribution in [0.25, 0.3) is 22.2 Å². The molecule has 4 aromatic rings. The van der Waals surface area contributed by atoms with Gasteiger partial charge in [0.15, 0.2) is 0 Å². The fraction of sp³-hybridized carbons (Fsp3) is 0.211. The average Bonchev–Trinajstić information content (AvgIpc) is 3.38. The minimum Gasteiger partial charge on any atom is -0.372 e. The summed E-state index contributed by atoms with van der Waals surface area (Å²) in [5, 5.41) is 3.98. The van der Waals surface area contributed by atoms with Gasteiger partial charge in [-0.1, -0.05) is 6.07 Å². The summed E-state index contributed by atoms with van der Waals surface area (Å²) in [4.78, 5) is 21.3. The quantitative estimate of drug-likeness (QED) is 0.627. The Bertz CT molecular complexity index is 1170. The zero-order chi connectivity index (χ0) is 17.0. The maximum absolute atomic E-state index is 12.8. The molecule has 1 aliphatic rings. The number of benzene rings is 1. The van der Waals surface area contributed by atoms with Crippen LogP contribution >= 0.6 is 0 Å². The van der Waals surface area contributed by atoms with Gasteiger partial charge in [-0.05, 0) is 42.5 Å². The van der Waals surface area contributed by atoms with Crippen molar-refractivity contribution in [2.75, 3.05) is 12.4 Å². The van der Waals surface area contributed by atoms with Crippen LogP contribution in [0.2, 0.25) is 0 Å². The third kappa shape index (κ3) is 2.21. The Morgan fingerprint density at radius 3 is 2.84 bits per heavy atom. The Morgan fingerprint density at radius 1 is 1.16 bits per heavy atom. The second-order valence-electron chi connectivity index (χ2n) is 6.46. The van der Waals surface area contributed by atoms with Crippen LogP contribution in [0, 0.1) is 0 Å². The number of rotatable bonds is 3. The van der Waals surface area contributed by atoms with E-state index in [-0.39, 0.29) is 5.69 Å². The number of imidazole rings is 1. The maximum atomic E-state index is 12.8. The normalized spacial score (nSPS) is 14.3. The van der Waals surface area contributed by atoms with Gasteiger partial charge in [0.25, 0.3) is 0 Å². The highest BCUT2D eigenvalue weighted by Crippen LogP contribution is 2.41. The summed E-state index contributed by atoms with van der Waals surface area (Å²) < 4.78 is 3.60. The number of nitrogens with one attached hydrogen (secondary N) is 1. The van der Waals surface area contributed by atoms with E-state index < -0.39 is 0 Å². The fourth-order valence-corrected chi connectivity index (χ4v) is 3.39. The van der Waals surface area contributed by atoms with Crippen LogP contribution in [-0.4, -0.2) is 26.0 Å². The lowest BCUT2D eigenvalue weighted by Gasteiger charge is -2.14. The molecule has 0 radical (unpaired) electrons. The van der Waals surface area contributed by atoms with Crippen molar-refractivity contribution in [1.82, 2.24) is 18.9 Å². The van der Waals surface area contributed by atoms with Crippen molar-refractivity contribution in [1.29, 1.82) is 0 Å². The van der Waals surface area contributed by atoms with Gasteiger partial charge in [-0.25, -0.2) is 9.78 Å². The van der Waals surface area contributed by atoms with E-state index in [9.17, 15) is 4.79 Å². The molecular formula is C19H17N5O. The highest BCUT2D eigenvalue weighted by atomic mass is 16.1. The summed E-state index contributed by atoms with van der Waals surface area (Å²) in [6.07, 6.45) is 7.98. The molecule has 0 unspecified atom stereocenters. The molecule has 6 heteroatoms. The largest absolute Gasteiger partial charge is 0.372 e. The van der Waals surface area contributed by atoms with E-state index in [1.807, 2.05) is 28.9 Å². The van der Waals surface area contributed by atoms with Gasteiger partial charge in [-0.2, -0.15) is 4.98 Å². The minimum absolute atomic E-state index is 0.291. The molecule has 3 heterocycles. The molecule has 0 atom stereocenters. The van der Waals surface area contributed by atoms with Gasteiger partial charge in [0.2, 0.25) is 0 Å². The molecule has 25 heavy (non-hydrogen) atoms. The van der Waals surface area contributed by atoms with Crippen molar-refractivity contribution in [2.24, 2.45) is 0 Å². The standard InChI is InChI=1S/C19H17N5O/c1-20-18-15-5-4-13(12-2-3-12)10-16(15)24(19(25)22-18)14-6-8-23-9-7-21-17(23)11-14/h4-12H,2-3H2,1H3,(H,20,22,25). The van der Waals surface area contributed by atoms with Gasteiger partial charge in [-0.3, -0.25) is 4.57 Å². The lowest BCUT2D eigenvalue weighted by Crippen LogP contribution is -2.23. The first-order chi connectivity index (χ1) is 12.2. The lowest BCUT2D eigenvalue weighted by atomic mass is 10.1. The fourth-order valence-electron chi connectivity index (χ4n) is 3.39. The highest BCUT2D eigenvalue weighted by Gasteiger charge is 2.24. The number of fused-ring (bicyclic) bond motifs is 2.